The molecular weight excluding hydrogens is 380 g/mol. The Labute approximate surface area is 175 Å². The van der Waals surface area contributed by atoms with E-state index in [-0.39, 0.29) is 24.8 Å². The fourth-order valence-corrected chi connectivity index (χ4v) is 3.26. The Hall–Kier alpha value is -3.80. The highest BCUT2D eigenvalue weighted by atomic mass is 16.5. The Kier molecular flexibility index (Phi) is 5.66. The van der Waals surface area contributed by atoms with Crippen LogP contribution in [0.15, 0.2) is 72.8 Å². The molecule has 1 aliphatic heterocycles. The minimum Gasteiger partial charge on any atom is -0.491 e. The molecule has 0 unspecified atom stereocenters. The SMILES string of the molecule is Cc1cccc(Oc2ccc(NC(=O)CN3C(=O)CCOc4ccccc43)cc2)c1. The van der Waals surface area contributed by atoms with Crippen LogP contribution in [0.25, 0.3) is 0 Å². The van der Waals surface area contributed by atoms with E-state index in [1.807, 2.05) is 43.3 Å². The molecule has 4 rings (SSSR count). The number of rotatable bonds is 5. The van der Waals surface area contributed by atoms with Crippen LogP contribution >= 0.6 is 0 Å². The highest BCUT2D eigenvalue weighted by Crippen LogP contribution is 2.31. The molecule has 6 heteroatoms. The van der Waals surface area contributed by atoms with Gasteiger partial charge in [0.1, 0.15) is 23.8 Å². The van der Waals surface area contributed by atoms with Crippen LogP contribution in [0, 0.1) is 6.92 Å². The monoisotopic (exact) mass is 402 g/mol. The highest BCUT2D eigenvalue weighted by molar-refractivity contribution is 6.03. The molecule has 2 amide bonds. The largest absolute Gasteiger partial charge is 0.491 e. The summed E-state index contributed by atoms with van der Waals surface area (Å²) in [7, 11) is 0. The minimum atomic E-state index is -0.285. The molecule has 1 N–H and O–H groups in total. The summed E-state index contributed by atoms with van der Waals surface area (Å²) in [5.41, 5.74) is 2.35. The smallest absolute Gasteiger partial charge is 0.244 e. The molecule has 0 aliphatic carbocycles. The number of anilines is 2. The van der Waals surface area contributed by atoms with Crippen molar-refractivity contribution in [3.63, 3.8) is 0 Å². The molecule has 1 aliphatic rings. The van der Waals surface area contributed by atoms with Gasteiger partial charge in [-0.05, 0) is 61.0 Å². The number of nitrogens with zero attached hydrogens (tertiary/aromatic N) is 1. The van der Waals surface area contributed by atoms with Crippen molar-refractivity contribution >= 4 is 23.2 Å². The molecule has 0 radical (unpaired) electrons. The Bertz CT molecular complexity index is 1060. The van der Waals surface area contributed by atoms with E-state index < -0.39 is 0 Å². The van der Waals surface area contributed by atoms with Crippen molar-refractivity contribution in [3.8, 4) is 17.2 Å². The van der Waals surface area contributed by atoms with Crippen LogP contribution in [0.2, 0.25) is 0 Å². The van der Waals surface area contributed by atoms with Gasteiger partial charge in [-0.1, -0.05) is 24.3 Å². The van der Waals surface area contributed by atoms with E-state index in [1.165, 1.54) is 4.90 Å². The van der Waals surface area contributed by atoms with Gasteiger partial charge < -0.3 is 14.8 Å². The normalized spacial score (nSPS) is 13.1. The van der Waals surface area contributed by atoms with E-state index in [0.29, 0.717) is 29.5 Å². The van der Waals surface area contributed by atoms with Gasteiger partial charge in [-0.3, -0.25) is 14.5 Å². The number of aryl methyl sites for hydroxylation is 1. The summed E-state index contributed by atoms with van der Waals surface area (Å²) in [4.78, 5) is 26.5. The van der Waals surface area contributed by atoms with Crippen molar-refractivity contribution < 1.29 is 19.1 Å². The molecule has 0 spiro atoms. The second-order valence-electron chi connectivity index (χ2n) is 7.04. The fourth-order valence-electron chi connectivity index (χ4n) is 3.26. The van der Waals surface area contributed by atoms with Crippen LogP contribution in [0.3, 0.4) is 0 Å². The molecule has 152 valence electrons. The maximum Gasteiger partial charge on any atom is 0.244 e. The summed E-state index contributed by atoms with van der Waals surface area (Å²) in [5.74, 6) is 1.61. The van der Waals surface area contributed by atoms with Crippen LogP contribution in [0.5, 0.6) is 17.2 Å². The van der Waals surface area contributed by atoms with Crippen LogP contribution in [-0.4, -0.2) is 25.0 Å². The lowest BCUT2D eigenvalue weighted by Crippen LogP contribution is -2.37. The molecule has 0 saturated carbocycles. The van der Waals surface area contributed by atoms with Gasteiger partial charge in [0.2, 0.25) is 11.8 Å². The van der Waals surface area contributed by atoms with Gasteiger partial charge in [0.05, 0.1) is 18.7 Å². The van der Waals surface area contributed by atoms with E-state index in [4.69, 9.17) is 9.47 Å². The first-order chi connectivity index (χ1) is 14.6. The molecule has 3 aromatic rings. The molecule has 0 saturated heterocycles. The lowest BCUT2D eigenvalue weighted by molar-refractivity contribution is -0.121. The summed E-state index contributed by atoms with van der Waals surface area (Å²) in [6.45, 7) is 2.22. The van der Waals surface area contributed by atoms with Gasteiger partial charge in [0.25, 0.3) is 0 Å². The quantitative estimate of drug-likeness (QED) is 0.680. The zero-order valence-corrected chi connectivity index (χ0v) is 16.6. The van der Waals surface area contributed by atoms with Gasteiger partial charge in [-0.25, -0.2) is 0 Å². The number of carbonyl (C=O) groups is 2. The van der Waals surface area contributed by atoms with Gasteiger partial charge in [0.15, 0.2) is 0 Å². The number of fused-ring (bicyclic) bond motifs is 1. The third kappa shape index (κ3) is 4.60. The molecule has 6 nitrogen and oxygen atoms in total. The number of hydrogen-bond donors (Lipinski definition) is 1. The van der Waals surface area contributed by atoms with Crippen LogP contribution in [0.1, 0.15) is 12.0 Å². The zero-order chi connectivity index (χ0) is 20.9. The van der Waals surface area contributed by atoms with Crippen molar-refractivity contribution in [2.45, 2.75) is 13.3 Å². The third-order valence-corrected chi connectivity index (χ3v) is 4.70. The molecule has 30 heavy (non-hydrogen) atoms. The van der Waals surface area contributed by atoms with Crippen molar-refractivity contribution in [1.82, 2.24) is 0 Å². The van der Waals surface area contributed by atoms with Crippen molar-refractivity contribution in [1.29, 1.82) is 0 Å². The maximum absolute atomic E-state index is 12.6. The van der Waals surface area contributed by atoms with Crippen molar-refractivity contribution in [3.05, 3.63) is 78.4 Å². The first kappa shape index (κ1) is 19.5. The lowest BCUT2D eigenvalue weighted by atomic mass is 10.2. The molecular formula is C24H22N2O4. The maximum atomic E-state index is 12.6. The Morgan fingerprint density at radius 2 is 1.83 bits per heavy atom. The average Bonchev–Trinajstić information content (AvgIpc) is 2.89. The number of benzene rings is 3. The van der Waals surface area contributed by atoms with E-state index in [1.54, 1.807) is 36.4 Å². The summed E-state index contributed by atoms with van der Waals surface area (Å²) >= 11 is 0. The van der Waals surface area contributed by atoms with Crippen molar-refractivity contribution in [2.75, 3.05) is 23.4 Å². The average molecular weight is 402 g/mol. The van der Waals surface area contributed by atoms with Crippen LogP contribution in [-0.2, 0) is 9.59 Å². The zero-order valence-electron chi connectivity index (χ0n) is 16.6. The minimum absolute atomic E-state index is 0.0826. The number of hydrogen-bond acceptors (Lipinski definition) is 4. The van der Waals surface area contributed by atoms with E-state index in [2.05, 4.69) is 5.32 Å². The molecule has 0 fully saturated rings. The van der Waals surface area contributed by atoms with E-state index in [9.17, 15) is 9.59 Å². The van der Waals surface area contributed by atoms with Gasteiger partial charge >= 0.3 is 0 Å². The van der Waals surface area contributed by atoms with Gasteiger partial charge in [-0.15, -0.1) is 0 Å². The molecule has 0 bridgehead atoms. The van der Waals surface area contributed by atoms with E-state index in [0.717, 1.165) is 11.3 Å². The molecule has 3 aromatic carbocycles. The van der Waals surface area contributed by atoms with Crippen molar-refractivity contribution in [2.24, 2.45) is 0 Å². The third-order valence-electron chi connectivity index (χ3n) is 4.70. The van der Waals surface area contributed by atoms with Gasteiger partial charge in [0, 0.05) is 5.69 Å². The summed E-state index contributed by atoms with van der Waals surface area (Å²) in [5, 5.41) is 2.83. The first-order valence-electron chi connectivity index (χ1n) is 9.75. The highest BCUT2D eigenvalue weighted by Gasteiger charge is 2.25. The fraction of sp³-hybridized carbons (Fsp3) is 0.167. The van der Waals surface area contributed by atoms with Gasteiger partial charge in [-0.2, -0.15) is 0 Å². The molecule has 1 heterocycles. The number of ether oxygens (including phenoxy) is 2. The lowest BCUT2D eigenvalue weighted by Gasteiger charge is -2.21. The number of carbonyl (C=O) groups excluding carboxylic acids is 2. The summed E-state index contributed by atoms with van der Waals surface area (Å²) in [6, 6.07) is 22.1. The Morgan fingerprint density at radius 3 is 2.63 bits per heavy atom. The Morgan fingerprint density at radius 1 is 1.03 bits per heavy atom. The standard InChI is InChI=1S/C24H22N2O4/c1-17-5-4-6-20(15-17)30-19-11-9-18(10-12-19)25-23(27)16-26-21-7-2-3-8-22(21)29-14-13-24(26)28/h2-12,15H,13-14,16H2,1H3,(H,25,27). The summed E-state index contributed by atoms with van der Waals surface area (Å²) in [6.07, 6.45) is 0.229. The summed E-state index contributed by atoms with van der Waals surface area (Å²) < 4.78 is 11.4. The number of para-hydroxylation sites is 2. The predicted octanol–water partition coefficient (Wildman–Crippen LogP) is 4.54. The number of amides is 2. The van der Waals surface area contributed by atoms with Crippen LogP contribution < -0.4 is 19.7 Å². The first-order valence-corrected chi connectivity index (χ1v) is 9.75. The second-order valence-corrected chi connectivity index (χ2v) is 7.04. The topological polar surface area (TPSA) is 67.9 Å². The second kappa shape index (κ2) is 8.69. The van der Waals surface area contributed by atoms with E-state index >= 15 is 0 Å². The predicted molar refractivity (Wildman–Crippen MR) is 115 cm³/mol. The van der Waals surface area contributed by atoms with Crippen LogP contribution in [0.4, 0.5) is 11.4 Å². The number of nitrogens with one attached hydrogen (secondary N) is 1. The molecule has 0 aromatic heterocycles. The molecule has 0 atom stereocenters. The Balaban J connectivity index is 1.41.